The summed E-state index contributed by atoms with van der Waals surface area (Å²) in [5.74, 6) is 0. The van der Waals surface area contributed by atoms with Gasteiger partial charge in [0.1, 0.15) is 0 Å². The van der Waals surface area contributed by atoms with Gasteiger partial charge in [0, 0.05) is 44.7 Å². The third-order valence-electron chi connectivity index (χ3n) is 1.50. The molecule has 53 valence electrons. The first-order chi connectivity index (χ1) is 4.88. The Balaban J connectivity index is 0.000000605. The van der Waals surface area contributed by atoms with Crippen molar-refractivity contribution in [1.82, 2.24) is 15.0 Å². The van der Waals surface area contributed by atoms with E-state index in [1.807, 2.05) is 13.0 Å². The molecule has 0 saturated carbocycles. The molecule has 0 aromatic carbocycles. The average molecular weight is 221 g/mol. The van der Waals surface area contributed by atoms with Crippen LogP contribution < -0.4 is 4.98 Å². The number of aryl methyl sites for hydroxylation is 1. The summed E-state index contributed by atoms with van der Waals surface area (Å²) >= 11 is 0. The van der Waals surface area contributed by atoms with Crippen LogP contribution in [0.15, 0.2) is 18.6 Å². The van der Waals surface area contributed by atoms with Crippen LogP contribution >= 0.6 is 0 Å². The SMILES string of the molecule is Cc1ncnc2[n-]ccc12.[Y]. The Morgan fingerprint density at radius 2 is 2.18 bits per heavy atom. The quantitative estimate of drug-likeness (QED) is 0.663. The van der Waals surface area contributed by atoms with Gasteiger partial charge >= 0.3 is 0 Å². The van der Waals surface area contributed by atoms with Gasteiger partial charge in [-0.25, -0.2) is 0 Å². The third kappa shape index (κ3) is 1.49. The standard InChI is InChI=1S/C7H6N3.Y/c1-5-6-2-3-8-7(6)10-4-9-5;/h2-4H,1H3;/q-1;. The molecule has 0 N–H and O–H groups in total. The van der Waals surface area contributed by atoms with E-state index in [1.165, 1.54) is 6.33 Å². The van der Waals surface area contributed by atoms with E-state index in [4.69, 9.17) is 0 Å². The molecule has 11 heavy (non-hydrogen) atoms. The number of fused-ring (bicyclic) bond motifs is 1. The van der Waals surface area contributed by atoms with E-state index in [1.54, 1.807) is 6.20 Å². The first-order valence-corrected chi connectivity index (χ1v) is 3.07. The summed E-state index contributed by atoms with van der Waals surface area (Å²) in [6, 6.07) is 1.92. The predicted molar refractivity (Wildman–Crippen MR) is 37.6 cm³/mol. The van der Waals surface area contributed by atoms with Crippen LogP contribution in [0.5, 0.6) is 0 Å². The topological polar surface area (TPSA) is 39.9 Å². The van der Waals surface area contributed by atoms with Gasteiger partial charge in [0.05, 0.1) is 0 Å². The number of nitrogens with zero attached hydrogens (tertiary/aromatic N) is 3. The molecular formula is C7H6N3Y-. The fourth-order valence-corrected chi connectivity index (χ4v) is 0.951. The predicted octanol–water partition coefficient (Wildman–Crippen LogP) is 0.893. The minimum Gasteiger partial charge on any atom is -0.442 e. The van der Waals surface area contributed by atoms with Crippen LogP contribution in [0.3, 0.4) is 0 Å². The van der Waals surface area contributed by atoms with Crippen LogP contribution in [0.25, 0.3) is 11.0 Å². The first-order valence-electron chi connectivity index (χ1n) is 3.07. The summed E-state index contributed by atoms with van der Waals surface area (Å²) in [5.41, 5.74) is 1.77. The van der Waals surface area contributed by atoms with E-state index in [0.717, 1.165) is 16.7 Å². The summed E-state index contributed by atoms with van der Waals surface area (Å²) in [6.07, 6.45) is 3.27. The largest absolute Gasteiger partial charge is 0.442 e. The van der Waals surface area contributed by atoms with Gasteiger partial charge < -0.3 is 9.97 Å². The van der Waals surface area contributed by atoms with Gasteiger partial charge in [-0.05, 0) is 18.0 Å². The van der Waals surface area contributed by atoms with Gasteiger partial charge in [-0.15, -0.1) is 0 Å². The fraction of sp³-hybridized carbons (Fsp3) is 0.143. The first kappa shape index (κ1) is 8.82. The molecule has 2 aromatic heterocycles. The molecule has 0 bridgehead atoms. The minimum atomic E-state index is 0. The van der Waals surface area contributed by atoms with Gasteiger partial charge in [0.25, 0.3) is 0 Å². The van der Waals surface area contributed by atoms with Gasteiger partial charge in [-0.2, -0.15) is 0 Å². The molecule has 0 spiro atoms. The molecular weight excluding hydrogens is 215 g/mol. The Hall–Kier alpha value is -0.276. The van der Waals surface area contributed by atoms with Crippen molar-refractivity contribution in [3.05, 3.63) is 24.3 Å². The van der Waals surface area contributed by atoms with Gasteiger partial charge in [0.2, 0.25) is 0 Å². The van der Waals surface area contributed by atoms with Gasteiger partial charge in [-0.3, -0.25) is 4.98 Å². The molecule has 4 heteroatoms. The molecule has 0 saturated heterocycles. The summed E-state index contributed by atoms with van der Waals surface area (Å²) in [4.78, 5) is 12.0. The van der Waals surface area contributed by atoms with E-state index in [2.05, 4.69) is 15.0 Å². The molecule has 0 unspecified atom stereocenters. The Morgan fingerprint density at radius 3 is 2.91 bits per heavy atom. The van der Waals surface area contributed by atoms with Crippen LogP contribution in [0.2, 0.25) is 0 Å². The molecule has 0 fully saturated rings. The molecule has 0 aliphatic heterocycles. The van der Waals surface area contributed by atoms with Crippen LogP contribution in [-0.2, 0) is 32.7 Å². The summed E-state index contributed by atoms with van der Waals surface area (Å²) in [5, 5.41) is 1.04. The van der Waals surface area contributed by atoms with E-state index >= 15 is 0 Å². The maximum absolute atomic E-state index is 4.03. The Labute approximate surface area is 89.5 Å². The normalized spacial score (nSPS) is 9.55. The molecule has 1 radical (unpaired) electrons. The molecule has 2 aromatic rings. The van der Waals surface area contributed by atoms with Crippen molar-refractivity contribution in [2.45, 2.75) is 6.92 Å². The van der Waals surface area contributed by atoms with Crippen LogP contribution in [0, 0.1) is 6.92 Å². The average Bonchev–Trinajstić information content (AvgIpc) is 2.36. The van der Waals surface area contributed by atoms with Crippen LogP contribution in [-0.4, -0.2) is 9.97 Å². The summed E-state index contributed by atoms with van der Waals surface area (Å²) in [6.45, 7) is 1.95. The van der Waals surface area contributed by atoms with E-state index < -0.39 is 0 Å². The number of rotatable bonds is 0. The van der Waals surface area contributed by atoms with Crippen molar-refractivity contribution in [1.29, 1.82) is 0 Å². The van der Waals surface area contributed by atoms with Crippen molar-refractivity contribution >= 4 is 11.0 Å². The van der Waals surface area contributed by atoms with Crippen molar-refractivity contribution in [2.75, 3.05) is 0 Å². The molecule has 3 nitrogen and oxygen atoms in total. The van der Waals surface area contributed by atoms with Crippen LogP contribution in [0.4, 0.5) is 0 Å². The van der Waals surface area contributed by atoms with Gasteiger partial charge in [0.15, 0.2) is 0 Å². The Morgan fingerprint density at radius 1 is 1.36 bits per heavy atom. The molecule has 0 aliphatic rings. The number of aromatic nitrogens is 3. The second kappa shape index (κ2) is 3.41. The zero-order chi connectivity index (χ0) is 6.97. The molecule has 0 atom stereocenters. The molecule has 2 rings (SSSR count). The smallest absolute Gasteiger partial charge is 0.0439 e. The maximum Gasteiger partial charge on any atom is 0.0439 e. The fourth-order valence-electron chi connectivity index (χ4n) is 0.951. The Kier molecular flexibility index (Phi) is 2.74. The third-order valence-corrected chi connectivity index (χ3v) is 1.50. The molecule has 0 amide bonds. The second-order valence-corrected chi connectivity index (χ2v) is 2.14. The number of hydrogen-bond acceptors (Lipinski definition) is 2. The zero-order valence-electron chi connectivity index (χ0n) is 6.15. The maximum atomic E-state index is 4.03. The molecule has 2 heterocycles. The summed E-state index contributed by atoms with van der Waals surface area (Å²) in [7, 11) is 0. The summed E-state index contributed by atoms with van der Waals surface area (Å²) < 4.78 is 0. The molecule has 0 aliphatic carbocycles. The van der Waals surface area contributed by atoms with E-state index in [0.29, 0.717) is 0 Å². The van der Waals surface area contributed by atoms with Gasteiger partial charge in [-0.1, -0.05) is 12.3 Å². The van der Waals surface area contributed by atoms with Crippen molar-refractivity contribution in [2.24, 2.45) is 0 Å². The zero-order valence-corrected chi connectivity index (χ0v) is 8.99. The number of hydrogen-bond donors (Lipinski definition) is 0. The van der Waals surface area contributed by atoms with Crippen molar-refractivity contribution < 1.29 is 32.7 Å². The van der Waals surface area contributed by atoms with E-state index in [9.17, 15) is 0 Å². The van der Waals surface area contributed by atoms with E-state index in [-0.39, 0.29) is 32.7 Å². The monoisotopic (exact) mass is 221 g/mol. The Bertz CT molecular complexity index is 355. The van der Waals surface area contributed by atoms with Crippen molar-refractivity contribution in [3.63, 3.8) is 0 Å². The van der Waals surface area contributed by atoms with Crippen molar-refractivity contribution in [3.8, 4) is 0 Å². The van der Waals surface area contributed by atoms with Crippen LogP contribution in [0.1, 0.15) is 5.69 Å². The second-order valence-electron chi connectivity index (χ2n) is 2.14. The minimum absolute atomic E-state index is 0.